The predicted molar refractivity (Wildman–Crippen MR) is 150 cm³/mol. The van der Waals surface area contributed by atoms with Gasteiger partial charge in [0.2, 0.25) is 17.7 Å². The number of nitrogens with one attached hydrogen (secondary N) is 3. The van der Waals surface area contributed by atoms with E-state index in [9.17, 15) is 14.4 Å². The Hall–Kier alpha value is -3.15. The summed E-state index contributed by atoms with van der Waals surface area (Å²) < 4.78 is 0. The molecule has 37 heavy (non-hydrogen) atoms. The molecule has 6 nitrogen and oxygen atoms in total. The van der Waals surface area contributed by atoms with Crippen LogP contribution in [0.15, 0.2) is 48.5 Å². The molecule has 202 valence electrons. The Kier molecular flexibility index (Phi) is 12.9. The molecule has 0 saturated heterocycles. The van der Waals surface area contributed by atoms with Crippen LogP contribution >= 0.6 is 0 Å². The van der Waals surface area contributed by atoms with Crippen LogP contribution in [0.25, 0.3) is 0 Å². The lowest BCUT2D eigenvalue weighted by Gasteiger charge is -2.20. The molecule has 1 atom stereocenters. The van der Waals surface area contributed by atoms with Gasteiger partial charge < -0.3 is 16.0 Å². The van der Waals surface area contributed by atoms with Crippen molar-refractivity contribution < 1.29 is 14.4 Å². The van der Waals surface area contributed by atoms with Gasteiger partial charge in [-0.1, -0.05) is 69.3 Å². The number of aryl methyl sites for hydroxylation is 1. The Balaban J connectivity index is 1.77. The first-order chi connectivity index (χ1) is 17.7. The molecule has 2 rings (SSSR count). The van der Waals surface area contributed by atoms with Gasteiger partial charge in [-0.3, -0.25) is 14.4 Å². The lowest BCUT2D eigenvalue weighted by molar-refractivity contribution is -0.129. The number of carbonyl (C=O) groups is 3. The second-order valence-electron chi connectivity index (χ2n) is 10.6. The van der Waals surface area contributed by atoms with Crippen LogP contribution in [-0.4, -0.2) is 36.3 Å². The van der Waals surface area contributed by atoms with E-state index in [1.54, 1.807) is 0 Å². The van der Waals surface area contributed by atoms with Crippen molar-refractivity contribution in [1.82, 2.24) is 16.0 Å². The maximum Gasteiger partial charge on any atom is 0.242 e. The highest BCUT2D eigenvalue weighted by atomic mass is 16.2. The minimum Gasteiger partial charge on any atom is -0.356 e. The van der Waals surface area contributed by atoms with Crippen molar-refractivity contribution in [2.45, 2.75) is 91.6 Å². The van der Waals surface area contributed by atoms with Gasteiger partial charge in [-0.25, -0.2) is 0 Å². The van der Waals surface area contributed by atoms with Gasteiger partial charge in [-0.05, 0) is 74.1 Å². The van der Waals surface area contributed by atoms with E-state index in [1.807, 2.05) is 50.2 Å². The standard InChI is InChI=1S/C31H45N3O3/c1-6-24-10-12-27(13-11-24)21-30(36)34-28(31(37)33-23(4)5)9-7-8-18-32-29(35)20-26-16-14-25(15-17-26)19-22(2)3/h10-17,22-23,28H,6-9,18-21H2,1-5H3,(H,32,35)(H,33,37)(H,34,36). The summed E-state index contributed by atoms with van der Waals surface area (Å²) in [5, 5.41) is 8.78. The SMILES string of the molecule is CCc1ccc(CC(=O)NC(CCCCNC(=O)Cc2ccc(CC(C)C)cc2)C(=O)NC(C)C)cc1. The van der Waals surface area contributed by atoms with Crippen LogP contribution < -0.4 is 16.0 Å². The van der Waals surface area contributed by atoms with Crippen LogP contribution in [0.3, 0.4) is 0 Å². The zero-order valence-electron chi connectivity index (χ0n) is 23.2. The highest BCUT2D eigenvalue weighted by molar-refractivity contribution is 5.88. The van der Waals surface area contributed by atoms with Crippen molar-refractivity contribution in [2.75, 3.05) is 6.54 Å². The maximum absolute atomic E-state index is 12.7. The average Bonchev–Trinajstić information content (AvgIpc) is 2.84. The van der Waals surface area contributed by atoms with Crippen LogP contribution in [0.2, 0.25) is 0 Å². The molecular weight excluding hydrogens is 462 g/mol. The first kappa shape index (κ1) is 30.1. The fourth-order valence-corrected chi connectivity index (χ4v) is 4.19. The molecule has 0 radical (unpaired) electrons. The van der Waals surface area contributed by atoms with Gasteiger partial charge in [-0.2, -0.15) is 0 Å². The molecule has 3 N–H and O–H groups in total. The maximum atomic E-state index is 12.7. The van der Waals surface area contributed by atoms with E-state index in [4.69, 9.17) is 0 Å². The number of hydrogen-bond donors (Lipinski definition) is 3. The van der Waals surface area contributed by atoms with Gasteiger partial charge in [0.1, 0.15) is 6.04 Å². The molecule has 0 aromatic heterocycles. The summed E-state index contributed by atoms with van der Waals surface area (Å²) in [6, 6.07) is 15.6. The topological polar surface area (TPSA) is 87.3 Å². The summed E-state index contributed by atoms with van der Waals surface area (Å²) in [4.78, 5) is 37.7. The summed E-state index contributed by atoms with van der Waals surface area (Å²) in [7, 11) is 0. The van der Waals surface area contributed by atoms with E-state index in [1.165, 1.54) is 11.1 Å². The Labute approximate surface area is 223 Å². The van der Waals surface area contributed by atoms with Crippen molar-refractivity contribution in [1.29, 1.82) is 0 Å². The van der Waals surface area contributed by atoms with Gasteiger partial charge in [0.25, 0.3) is 0 Å². The van der Waals surface area contributed by atoms with Crippen molar-refractivity contribution in [3.05, 3.63) is 70.8 Å². The van der Waals surface area contributed by atoms with Crippen LogP contribution in [0.5, 0.6) is 0 Å². The van der Waals surface area contributed by atoms with Crippen LogP contribution in [0, 0.1) is 5.92 Å². The zero-order valence-corrected chi connectivity index (χ0v) is 23.2. The second kappa shape index (κ2) is 15.9. The molecule has 1 unspecified atom stereocenters. The largest absolute Gasteiger partial charge is 0.356 e. The highest BCUT2D eigenvalue weighted by Gasteiger charge is 2.21. The molecule has 0 aliphatic rings. The van der Waals surface area contributed by atoms with E-state index in [-0.39, 0.29) is 30.2 Å². The summed E-state index contributed by atoms with van der Waals surface area (Å²) in [6.45, 7) is 10.8. The number of rotatable bonds is 15. The number of hydrogen-bond acceptors (Lipinski definition) is 3. The van der Waals surface area contributed by atoms with Crippen molar-refractivity contribution >= 4 is 17.7 Å². The van der Waals surface area contributed by atoms with Gasteiger partial charge >= 0.3 is 0 Å². The van der Waals surface area contributed by atoms with E-state index >= 15 is 0 Å². The lowest BCUT2D eigenvalue weighted by Crippen LogP contribution is -2.49. The van der Waals surface area contributed by atoms with Crippen LogP contribution in [0.4, 0.5) is 0 Å². The molecule has 0 saturated carbocycles. The highest BCUT2D eigenvalue weighted by Crippen LogP contribution is 2.11. The first-order valence-electron chi connectivity index (χ1n) is 13.7. The molecule has 2 aromatic carbocycles. The van der Waals surface area contributed by atoms with Crippen LogP contribution in [-0.2, 0) is 40.1 Å². The molecular formula is C31H45N3O3. The molecule has 0 heterocycles. The normalized spacial score (nSPS) is 11.9. The number of amides is 3. The van der Waals surface area contributed by atoms with Crippen molar-refractivity contribution in [3.8, 4) is 0 Å². The number of carbonyl (C=O) groups excluding carboxylic acids is 3. The van der Waals surface area contributed by atoms with Crippen molar-refractivity contribution in [2.24, 2.45) is 5.92 Å². The smallest absolute Gasteiger partial charge is 0.242 e. The van der Waals surface area contributed by atoms with Crippen molar-refractivity contribution in [3.63, 3.8) is 0 Å². The molecule has 2 aromatic rings. The predicted octanol–water partition coefficient (Wildman–Crippen LogP) is 4.53. The van der Waals surface area contributed by atoms with Gasteiger partial charge in [-0.15, -0.1) is 0 Å². The number of benzene rings is 2. The Morgan fingerprint density at radius 3 is 1.78 bits per heavy atom. The minimum absolute atomic E-state index is 0.00638. The minimum atomic E-state index is -0.593. The van der Waals surface area contributed by atoms with E-state index in [0.717, 1.165) is 30.4 Å². The Morgan fingerprint density at radius 1 is 0.703 bits per heavy atom. The molecule has 0 fully saturated rings. The summed E-state index contributed by atoms with van der Waals surface area (Å²) in [5.41, 5.74) is 4.44. The third kappa shape index (κ3) is 12.1. The van der Waals surface area contributed by atoms with Crippen LogP contribution in [0.1, 0.15) is 76.1 Å². The monoisotopic (exact) mass is 507 g/mol. The molecule has 0 bridgehead atoms. The molecule has 3 amide bonds. The number of unbranched alkanes of at least 4 members (excludes halogenated alkanes) is 1. The molecule has 0 aliphatic heterocycles. The second-order valence-corrected chi connectivity index (χ2v) is 10.6. The molecule has 6 heteroatoms. The first-order valence-corrected chi connectivity index (χ1v) is 13.7. The Morgan fingerprint density at radius 2 is 1.24 bits per heavy atom. The fraction of sp³-hybridized carbons (Fsp3) is 0.516. The van der Waals surface area contributed by atoms with E-state index in [2.05, 4.69) is 48.9 Å². The summed E-state index contributed by atoms with van der Waals surface area (Å²) in [6.07, 6.45) is 4.56. The van der Waals surface area contributed by atoms with E-state index < -0.39 is 6.04 Å². The average molecular weight is 508 g/mol. The fourth-order valence-electron chi connectivity index (χ4n) is 4.19. The lowest BCUT2D eigenvalue weighted by atomic mass is 10.0. The van der Waals surface area contributed by atoms with Gasteiger partial charge in [0.05, 0.1) is 12.8 Å². The summed E-state index contributed by atoms with van der Waals surface area (Å²) >= 11 is 0. The zero-order chi connectivity index (χ0) is 27.2. The molecule has 0 aliphatic carbocycles. The molecule has 0 spiro atoms. The van der Waals surface area contributed by atoms with Gasteiger partial charge in [0.15, 0.2) is 0 Å². The Bertz CT molecular complexity index is 982. The van der Waals surface area contributed by atoms with Gasteiger partial charge in [0, 0.05) is 12.6 Å². The summed E-state index contributed by atoms with van der Waals surface area (Å²) in [5.74, 6) is 0.264. The quantitative estimate of drug-likeness (QED) is 0.310. The van der Waals surface area contributed by atoms with E-state index in [0.29, 0.717) is 31.7 Å². The third-order valence-electron chi connectivity index (χ3n) is 6.15. The third-order valence-corrected chi connectivity index (χ3v) is 6.15.